The third kappa shape index (κ3) is 3.18. The van der Waals surface area contributed by atoms with Crippen LogP contribution in [0, 0.1) is 0 Å². The largest absolute Gasteiger partial charge is 0.538 e. The lowest BCUT2D eigenvalue weighted by atomic mass is 9.80. The summed E-state index contributed by atoms with van der Waals surface area (Å²) in [6.45, 7) is 0. The first-order valence-corrected chi connectivity index (χ1v) is 5.94. The molecule has 0 amide bonds. The van der Waals surface area contributed by atoms with Crippen molar-refractivity contribution in [2.45, 2.75) is 0 Å². The van der Waals surface area contributed by atoms with Crippen LogP contribution in [0.25, 0.3) is 0 Å². The van der Waals surface area contributed by atoms with E-state index in [1.807, 2.05) is 6.07 Å². The molecule has 0 heterocycles. The number of para-hydroxylation sites is 1. The SMILES string of the molecule is OB(OOc1c(Cl)cccc1Cl)c1ccccc1. The minimum absolute atomic E-state index is 0.177. The Kier molecular flexibility index (Phi) is 4.50. The molecule has 2 aromatic rings. The van der Waals surface area contributed by atoms with Gasteiger partial charge in [0.1, 0.15) is 0 Å². The second kappa shape index (κ2) is 6.11. The quantitative estimate of drug-likeness (QED) is 0.532. The Hall–Kier alpha value is -1.20. The van der Waals surface area contributed by atoms with E-state index in [4.69, 9.17) is 32.9 Å². The van der Waals surface area contributed by atoms with Crippen molar-refractivity contribution < 1.29 is 14.7 Å². The predicted molar refractivity (Wildman–Crippen MR) is 72.2 cm³/mol. The van der Waals surface area contributed by atoms with Gasteiger partial charge in [-0.2, -0.15) is 0 Å². The van der Waals surface area contributed by atoms with E-state index >= 15 is 0 Å². The van der Waals surface area contributed by atoms with Crippen molar-refractivity contribution in [3.05, 3.63) is 58.6 Å². The van der Waals surface area contributed by atoms with E-state index in [2.05, 4.69) is 0 Å². The Balaban J connectivity index is 2.04. The fraction of sp³-hybridized carbons (Fsp3) is 0. The molecule has 0 aliphatic heterocycles. The summed E-state index contributed by atoms with van der Waals surface area (Å²) in [7, 11) is -1.21. The topological polar surface area (TPSA) is 38.7 Å². The average molecular weight is 283 g/mol. The van der Waals surface area contributed by atoms with E-state index < -0.39 is 7.12 Å². The molecule has 0 saturated heterocycles. The third-order valence-corrected chi connectivity index (χ3v) is 2.82. The molecule has 0 atom stereocenters. The zero-order chi connectivity index (χ0) is 13.0. The van der Waals surface area contributed by atoms with Gasteiger partial charge in [0.25, 0.3) is 0 Å². The minimum Gasteiger partial charge on any atom is -0.421 e. The number of hydrogen-bond acceptors (Lipinski definition) is 3. The van der Waals surface area contributed by atoms with Gasteiger partial charge in [0, 0.05) is 0 Å². The predicted octanol–water partition coefficient (Wildman–Crippen LogP) is 2.69. The molecule has 0 saturated carbocycles. The molecule has 2 aromatic carbocycles. The van der Waals surface area contributed by atoms with Crippen LogP contribution in [-0.2, 0) is 4.81 Å². The molecule has 0 unspecified atom stereocenters. The molecule has 92 valence electrons. The van der Waals surface area contributed by atoms with Gasteiger partial charge in [-0.25, -0.2) is 4.81 Å². The van der Waals surface area contributed by atoms with Gasteiger partial charge < -0.3 is 9.91 Å². The first-order valence-electron chi connectivity index (χ1n) is 5.19. The van der Waals surface area contributed by atoms with Crippen LogP contribution >= 0.6 is 23.2 Å². The van der Waals surface area contributed by atoms with Crippen LogP contribution in [0.1, 0.15) is 0 Å². The Morgan fingerprint density at radius 1 is 0.889 bits per heavy atom. The first-order chi connectivity index (χ1) is 8.68. The maximum absolute atomic E-state index is 9.73. The Morgan fingerprint density at radius 3 is 2.11 bits per heavy atom. The van der Waals surface area contributed by atoms with Crippen molar-refractivity contribution in [2.24, 2.45) is 0 Å². The van der Waals surface area contributed by atoms with Crippen LogP contribution in [0.4, 0.5) is 0 Å². The average Bonchev–Trinajstić information content (AvgIpc) is 2.39. The lowest BCUT2D eigenvalue weighted by Crippen LogP contribution is -2.34. The van der Waals surface area contributed by atoms with Crippen LogP contribution in [0.5, 0.6) is 5.75 Å². The Bertz CT molecular complexity index is 502. The van der Waals surface area contributed by atoms with E-state index in [1.54, 1.807) is 42.5 Å². The van der Waals surface area contributed by atoms with E-state index in [1.165, 1.54) is 0 Å². The Morgan fingerprint density at radius 2 is 1.50 bits per heavy atom. The van der Waals surface area contributed by atoms with E-state index in [0.29, 0.717) is 15.5 Å². The van der Waals surface area contributed by atoms with Gasteiger partial charge >= 0.3 is 7.12 Å². The summed E-state index contributed by atoms with van der Waals surface area (Å²) in [6.07, 6.45) is 0. The molecule has 0 aliphatic rings. The maximum atomic E-state index is 9.73. The van der Waals surface area contributed by atoms with Crippen molar-refractivity contribution >= 4 is 35.8 Å². The summed E-state index contributed by atoms with van der Waals surface area (Å²) in [4.78, 5) is 9.83. The molecule has 0 aliphatic carbocycles. The van der Waals surface area contributed by atoms with Gasteiger partial charge in [0.05, 0.1) is 10.0 Å². The molecule has 0 spiro atoms. The van der Waals surface area contributed by atoms with Crippen LogP contribution in [0.15, 0.2) is 48.5 Å². The van der Waals surface area contributed by atoms with Gasteiger partial charge in [0.2, 0.25) is 5.75 Å². The molecule has 0 fully saturated rings. The smallest absolute Gasteiger partial charge is 0.421 e. The lowest BCUT2D eigenvalue weighted by Gasteiger charge is -2.10. The van der Waals surface area contributed by atoms with E-state index in [9.17, 15) is 5.02 Å². The van der Waals surface area contributed by atoms with Crippen LogP contribution in [-0.4, -0.2) is 12.1 Å². The van der Waals surface area contributed by atoms with Crippen LogP contribution in [0.3, 0.4) is 0 Å². The van der Waals surface area contributed by atoms with Crippen LogP contribution in [0.2, 0.25) is 10.0 Å². The second-order valence-electron chi connectivity index (χ2n) is 3.49. The minimum atomic E-state index is -1.21. The summed E-state index contributed by atoms with van der Waals surface area (Å²) in [5, 5.41) is 10.3. The first kappa shape index (κ1) is 13.2. The highest BCUT2D eigenvalue weighted by Gasteiger charge is 2.19. The molecular weight excluding hydrogens is 274 g/mol. The molecule has 1 N–H and O–H groups in total. The van der Waals surface area contributed by atoms with Crippen molar-refractivity contribution in [3.8, 4) is 5.75 Å². The lowest BCUT2D eigenvalue weighted by molar-refractivity contribution is -0.117. The summed E-state index contributed by atoms with van der Waals surface area (Å²) in [5.41, 5.74) is 0.570. The molecule has 3 nitrogen and oxygen atoms in total. The van der Waals surface area contributed by atoms with E-state index in [-0.39, 0.29) is 5.75 Å². The van der Waals surface area contributed by atoms with Crippen molar-refractivity contribution in [1.82, 2.24) is 0 Å². The zero-order valence-corrected chi connectivity index (χ0v) is 10.7. The van der Waals surface area contributed by atoms with E-state index in [0.717, 1.165) is 0 Å². The number of rotatable bonds is 4. The summed E-state index contributed by atoms with van der Waals surface area (Å²) < 4.78 is 0. The molecule has 0 aromatic heterocycles. The number of hydrogen-bond donors (Lipinski definition) is 1. The maximum Gasteiger partial charge on any atom is 0.538 e. The van der Waals surface area contributed by atoms with Crippen molar-refractivity contribution in [2.75, 3.05) is 0 Å². The second-order valence-corrected chi connectivity index (χ2v) is 4.31. The molecule has 18 heavy (non-hydrogen) atoms. The highest BCUT2D eigenvalue weighted by molar-refractivity contribution is 6.59. The van der Waals surface area contributed by atoms with Gasteiger partial charge in [-0.05, 0) is 17.6 Å². The molecule has 0 bridgehead atoms. The highest BCUT2D eigenvalue weighted by Crippen LogP contribution is 2.32. The summed E-state index contributed by atoms with van der Waals surface area (Å²) in [6, 6.07) is 13.7. The fourth-order valence-corrected chi connectivity index (χ4v) is 1.79. The zero-order valence-electron chi connectivity index (χ0n) is 9.22. The molecule has 0 radical (unpaired) electrons. The number of halogens is 2. The van der Waals surface area contributed by atoms with Gasteiger partial charge in [-0.15, -0.1) is 0 Å². The highest BCUT2D eigenvalue weighted by atomic mass is 35.5. The van der Waals surface area contributed by atoms with Gasteiger partial charge in [0.15, 0.2) is 0 Å². The normalized spacial score (nSPS) is 10.2. The molecular formula is C12H9BCl2O3. The standard InChI is InChI=1S/C12H9BCl2O3/c14-10-7-4-8-11(15)12(10)17-18-13(16)9-5-2-1-3-6-9/h1-8,16H. The summed E-state index contributed by atoms with van der Waals surface area (Å²) in [5.74, 6) is 0.177. The molecule has 2 rings (SSSR count). The van der Waals surface area contributed by atoms with Crippen molar-refractivity contribution in [1.29, 1.82) is 0 Å². The van der Waals surface area contributed by atoms with Crippen LogP contribution < -0.4 is 10.4 Å². The number of benzene rings is 2. The molecule has 6 heteroatoms. The monoisotopic (exact) mass is 282 g/mol. The van der Waals surface area contributed by atoms with Gasteiger partial charge in [-0.3, -0.25) is 0 Å². The van der Waals surface area contributed by atoms with Gasteiger partial charge in [-0.1, -0.05) is 59.6 Å². The third-order valence-electron chi connectivity index (χ3n) is 2.23. The fourth-order valence-electron chi connectivity index (χ4n) is 1.33. The summed E-state index contributed by atoms with van der Waals surface area (Å²) >= 11 is 11.8. The Labute approximate surface area is 115 Å². The van der Waals surface area contributed by atoms with Crippen molar-refractivity contribution in [3.63, 3.8) is 0 Å².